The highest BCUT2D eigenvalue weighted by Crippen LogP contribution is 2.01. The summed E-state index contributed by atoms with van der Waals surface area (Å²) in [6.07, 6.45) is 4.76. The van der Waals surface area contributed by atoms with Gasteiger partial charge in [0.25, 0.3) is 5.56 Å². The van der Waals surface area contributed by atoms with Crippen molar-refractivity contribution in [1.82, 2.24) is 19.7 Å². The molecule has 0 aromatic carbocycles. The Hall–Kier alpha value is -1.31. The lowest BCUT2D eigenvalue weighted by Gasteiger charge is -2.02. The van der Waals surface area contributed by atoms with Gasteiger partial charge >= 0.3 is 0 Å². The van der Waals surface area contributed by atoms with Crippen LogP contribution in [-0.4, -0.2) is 19.7 Å². The topological polar surface area (TPSA) is 60.7 Å². The second-order valence-electron chi connectivity index (χ2n) is 2.91. The lowest BCUT2D eigenvalue weighted by molar-refractivity contribution is 0.788. The Bertz CT molecular complexity index is 535. The molecule has 0 aliphatic rings. The molecule has 0 bridgehead atoms. The van der Waals surface area contributed by atoms with Gasteiger partial charge in [-0.1, -0.05) is 0 Å². The monoisotopic (exact) mass is 314 g/mol. The molecule has 0 saturated heterocycles. The summed E-state index contributed by atoms with van der Waals surface area (Å²) in [5.41, 5.74) is 0.386. The normalized spacial score (nSPS) is 10.3. The molecule has 0 fully saturated rings. The predicted octanol–water partition coefficient (Wildman–Crippen LogP) is 0.936. The second-order valence-corrected chi connectivity index (χ2v) is 4.16. The Balaban J connectivity index is 2.55. The van der Waals surface area contributed by atoms with E-state index in [1.165, 1.54) is 10.7 Å². The fourth-order valence-corrected chi connectivity index (χ4v) is 1.47. The highest BCUT2D eigenvalue weighted by molar-refractivity contribution is 14.1. The molecule has 5 nitrogen and oxygen atoms in total. The van der Waals surface area contributed by atoms with Crippen LogP contribution in [0.2, 0.25) is 0 Å². The molecule has 76 valence electrons. The molecule has 15 heavy (non-hydrogen) atoms. The first kappa shape index (κ1) is 10.2. The van der Waals surface area contributed by atoms with E-state index in [9.17, 15) is 4.79 Å². The van der Waals surface area contributed by atoms with Gasteiger partial charge in [-0.15, -0.1) is 0 Å². The van der Waals surface area contributed by atoms with E-state index >= 15 is 0 Å². The Labute approximate surface area is 99.3 Å². The number of aryl methyl sites for hydroxylation is 1. The molecule has 2 aromatic rings. The van der Waals surface area contributed by atoms with Crippen molar-refractivity contribution in [2.75, 3.05) is 0 Å². The van der Waals surface area contributed by atoms with Gasteiger partial charge in [0.05, 0.1) is 18.6 Å². The molecular formula is C9H7IN4O. The zero-order valence-electron chi connectivity index (χ0n) is 7.88. The number of nitrogens with zero attached hydrogens (tertiary/aromatic N) is 4. The van der Waals surface area contributed by atoms with Crippen molar-refractivity contribution in [3.63, 3.8) is 0 Å². The molecule has 6 heteroatoms. The summed E-state index contributed by atoms with van der Waals surface area (Å²) >= 11 is 2.04. The van der Waals surface area contributed by atoms with Crippen molar-refractivity contribution in [2.45, 2.75) is 6.92 Å². The van der Waals surface area contributed by atoms with E-state index in [0.29, 0.717) is 11.5 Å². The first-order chi connectivity index (χ1) is 7.16. The summed E-state index contributed by atoms with van der Waals surface area (Å²) in [5.74, 6) is 0.664. The Morgan fingerprint density at radius 3 is 2.53 bits per heavy atom. The van der Waals surface area contributed by atoms with Crippen LogP contribution in [0.3, 0.4) is 0 Å². The summed E-state index contributed by atoms with van der Waals surface area (Å²) in [6, 6.07) is 1.51. The van der Waals surface area contributed by atoms with E-state index in [4.69, 9.17) is 0 Å². The molecule has 0 amide bonds. The molecule has 0 atom stereocenters. The van der Waals surface area contributed by atoms with Crippen molar-refractivity contribution < 1.29 is 0 Å². The molecule has 0 aliphatic carbocycles. The predicted molar refractivity (Wildman–Crippen MR) is 62.9 cm³/mol. The smallest absolute Gasteiger partial charge is 0.267 e. The SMILES string of the molecule is Cc1ncc(-n2ncc(I)cc2=O)cn1. The summed E-state index contributed by atoms with van der Waals surface area (Å²) in [5, 5.41) is 3.99. The lowest BCUT2D eigenvalue weighted by Crippen LogP contribution is -2.20. The van der Waals surface area contributed by atoms with E-state index in [0.717, 1.165) is 3.57 Å². The van der Waals surface area contributed by atoms with Gasteiger partial charge in [-0.2, -0.15) is 9.78 Å². The van der Waals surface area contributed by atoms with Gasteiger partial charge in [-0.05, 0) is 29.5 Å². The van der Waals surface area contributed by atoms with E-state index in [-0.39, 0.29) is 5.56 Å². The third-order valence-electron chi connectivity index (χ3n) is 1.78. The molecule has 0 N–H and O–H groups in total. The molecule has 0 aliphatic heterocycles. The van der Waals surface area contributed by atoms with Crippen molar-refractivity contribution in [3.05, 3.63) is 44.4 Å². The summed E-state index contributed by atoms with van der Waals surface area (Å²) in [4.78, 5) is 19.6. The van der Waals surface area contributed by atoms with Gasteiger partial charge in [-0.25, -0.2) is 9.97 Å². The molecule has 0 unspecified atom stereocenters. The van der Waals surface area contributed by atoms with Crippen molar-refractivity contribution in [1.29, 1.82) is 0 Å². The maximum atomic E-state index is 11.6. The Morgan fingerprint density at radius 2 is 1.93 bits per heavy atom. The Morgan fingerprint density at radius 1 is 1.27 bits per heavy atom. The van der Waals surface area contributed by atoms with E-state index in [1.54, 1.807) is 25.5 Å². The molecule has 0 radical (unpaired) electrons. The number of halogens is 1. The largest absolute Gasteiger partial charge is 0.272 e. The molecule has 2 heterocycles. The summed E-state index contributed by atoms with van der Waals surface area (Å²) in [7, 11) is 0. The molecule has 0 spiro atoms. The van der Waals surface area contributed by atoms with Crippen LogP contribution in [0.25, 0.3) is 5.69 Å². The highest BCUT2D eigenvalue weighted by Gasteiger charge is 2.01. The summed E-state index contributed by atoms with van der Waals surface area (Å²) < 4.78 is 2.07. The van der Waals surface area contributed by atoms with Crippen LogP contribution in [0.15, 0.2) is 29.5 Å². The second kappa shape index (κ2) is 4.05. The van der Waals surface area contributed by atoms with Gasteiger partial charge in [-0.3, -0.25) is 4.79 Å². The molecule has 2 aromatic heterocycles. The zero-order valence-corrected chi connectivity index (χ0v) is 10.0. The third-order valence-corrected chi connectivity index (χ3v) is 2.37. The van der Waals surface area contributed by atoms with Gasteiger partial charge in [0.1, 0.15) is 11.5 Å². The molecule has 0 saturated carbocycles. The van der Waals surface area contributed by atoms with Crippen molar-refractivity contribution in [2.24, 2.45) is 0 Å². The first-order valence-electron chi connectivity index (χ1n) is 4.21. The third kappa shape index (κ3) is 2.20. The number of hydrogen-bond acceptors (Lipinski definition) is 4. The van der Waals surface area contributed by atoms with Crippen LogP contribution < -0.4 is 5.56 Å². The minimum absolute atomic E-state index is 0.186. The first-order valence-corrected chi connectivity index (χ1v) is 5.28. The molecule has 2 rings (SSSR count). The van der Waals surface area contributed by atoms with Gasteiger partial charge in [0, 0.05) is 9.64 Å². The van der Waals surface area contributed by atoms with Crippen LogP contribution in [0.1, 0.15) is 5.82 Å². The maximum absolute atomic E-state index is 11.6. The fraction of sp³-hybridized carbons (Fsp3) is 0.111. The standard InChI is InChI=1S/C9H7IN4O/c1-6-11-4-8(5-12-6)14-9(15)2-7(10)3-13-14/h2-5H,1H3. The minimum atomic E-state index is -0.186. The maximum Gasteiger partial charge on any atom is 0.272 e. The highest BCUT2D eigenvalue weighted by atomic mass is 127. The molecular weight excluding hydrogens is 307 g/mol. The van der Waals surface area contributed by atoms with Crippen LogP contribution in [0, 0.1) is 10.5 Å². The van der Waals surface area contributed by atoms with Crippen LogP contribution in [-0.2, 0) is 0 Å². The van der Waals surface area contributed by atoms with Gasteiger partial charge in [0.15, 0.2) is 0 Å². The lowest BCUT2D eigenvalue weighted by atomic mass is 10.5. The number of aromatic nitrogens is 4. The average molecular weight is 314 g/mol. The average Bonchev–Trinajstić information content (AvgIpc) is 2.20. The van der Waals surface area contributed by atoms with Gasteiger partial charge in [0.2, 0.25) is 0 Å². The number of rotatable bonds is 1. The van der Waals surface area contributed by atoms with E-state index < -0.39 is 0 Å². The van der Waals surface area contributed by atoms with E-state index in [2.05, 4.69) is 15.1 Å². The quantitative estimate of drug-likeness (QED) is 0.735. The minimum Gasteiger partial charge on any atom is -0.267 e. The zero-order chi connectivity index (χ0) is 10.8. The van der Waals surface area contributed by atoms with Crippen LogP contribution in [0.4, 0.5) is 0 Å². The van der Waals surface area contributed by atoms with Crippen LogP contribution in [0.5, 0.6) is 0 Å². The van der Waals surface area contributed by atoms with Gasteiger partial charge < -0.3 is 0 Å². The Kier molecular flexibility index (Phi) is 2.76. The van der Waals surface area contributed by atoms with Crippen molar-refractivity contribution >= 4 is 22.6 Å². The summed E-state index contributed by atoms with van der Waals surface area (Å²) in [6.45, 7) is 1.79. The number of hydrogen-bond donors (Lipinski definition) is 0. The fourth-order valence-electron chi connectivity index (χ4n) is 1.08. The van der Waals surface area contributed by atoms with Crippen LogP contribution >= 0.6 is 22.6 Å². The van der Waals surface area contributed by atoms with Crippen molar-refractivity contribution in [3.8, 4) is 5.69 Å². The van der Waals surface area contributed by atoms with E-state index in [1.807, 2.05) is 22.6 Å².